The van der Waals surface area contributed by atoms with E-state index in [9.17, 15) is 8.42 Å². The zero-order chi connectivity index (χ0) is 25.9. The van der Waals surface area contributed by atoms with Gasteiger partial charge in [0.2, 0.25) is 16.0 Å². The van der Waals surface area contributed by atoms with Gasteiger partial charge in [-0.15, -0.1) is 21.5 Å². The Bertz CT molecular complexity index is 1400. The first-order valence-electron chi connectivity index (χ1n) is 10.7. The highest BCUT2D eigenvalue weighted by Crippen LogP contribution is 2.38. The highest BCUT2D eigenvalue weighted by molar-refractivity contribution is 7.93. The number of ether oxygens (including phenoxy) is 3. The van der Waals surface area contributed by atoms with Crippen LogP contribution in [0.4, 0.5) is 5.95 Å². The molecule has 0 unspecified atom stereocenters. The van der Waals surface area contributed by atoms with Crippen molar-refractivity contribution in [2.45, 2.75) is 25.2 Å². The number of para-hydroxylation sites is 1. The van der Waals surface area contributed by atoms with Crippen molar-refractivity contribution in [3.63, 3.8) is 0 Å². The molecule has 0 spiro atoms. The third kappa shape index (κ3) is 4.87. The Kier molecular flexibility index (Phi) is 7.47. The van der Waals surface area contributed by atoms with Crippen molar-refractivity contribution in [1.29, 1.82) is 0 Å². The average Bonchev–Trinajstić information content (AvgIpc) is 3.54. The maximum atomic E-state index is 13.5. The summed E-state index contributed by atoms with van der Waals surface area (Å²) >= 11 is 1.37. The summed E-state index contributed by atoms with van der Waals surface area (Å²) in [4.78, 5) is 12.8. The summed E-state index contributed by atoms with van der Waals surface area (Å²) in [5, 5.41) is 9.06. The van der Waals surface area contributed by atoms with E-state index in [4.69, 9.17) is 14.2 Å². The van der Waals surface area contributed by atoms with E-state index in [0.717, 1.165) is 5.56 Å². The Morgan fingerprint density at radius 3 is 2.25 bits per heavy atom. The first kappa shape index (κ1) is 25.5. The molecule has 1 aromatic carbocycles. The lowest BCUT2D eigenvalue weighted by atomic mass is 10.2. The van der Waals surface area contributed by atoms with Crippen LogP contribution in [0.5, 0.6) is 11.5 Å². The first-order valence-corrected chi connectivity index (χ1v) is 13.2. The van der Waals surface area contributed by atoms with Crippen molar-refractivity contribution < 1.29 is 22.6 Å². The number of thiazole rings is 1. The van der Waals surface area contributed by atoms with Crippen LogP contribution in [0.1, 0.15) is 24.4 Å². The van der Waals surface area contributed by atoms with E-state index in [1.807, 2.05) is 6.92 Å². The minimum atomic E-state index is -4.09. The van der Waals surface area contributed by atoms with Gasteiger partial charge in [-0.25, -0.2) is 23.4 Å². The maximum absolute atomic E-state index is 13.5. The van der Waals surface area contributed by atoms with E-state index >= 15 is 0 Å². The van der Waals surface area contributed by atoms with E-state index < -0.39 is 21.4 Å². The molecule has 0 radical (unpaired) electrons. The minimum absolute atomic E-state index is 0.0765. The molecule has 0 amide bonds. The van der Waals surface area contributed by atoms with Gasteiger partial charge in [0.25, 0.3) is 0 Å². The number of aromatic nitrogens is 6. The van der Waals surface area contributed by atoms with Gasteiger partial charge >= 0.3 is 0 Å². The molecule has 0 aliphatic heterocycles. The summed E-state index contributed by atoms with van der Waals surface area (Å²) in [5.41, 5.74) is 3.40. The number of hydrogen-bond acceptors (Lipinski definition) is 11. The smallest absolute Gasteiger partial charge is 0.243 e. The predicted molar refractivity (Wildman–Crippen MR) is 134 cm³/mol. The molecular formula is C22H25N7O5S2. The second-order valence-corrected chi connectivity index (χ2v) is 10.5. The number of sulfonamides is 1. The number of nitrogens with zero attached hydrogens (tertiary/aromatic N) is 6. The first-order chi connectivity index (χ1) is 17.3. The van der Waals surface area contributed by atoms with E-state index in [-0.39, 0.29) is 11.8 Å². The molecule has 0 bridgehead atoms. The molecule has 0 aliphatic carbocycles. The molecule has 3 heterocycles. The monoisotopic (exact) mass is 531 g/mol. The van der Waals surface area contributed by atoms with E-state index in [2.05, 4.69) is 29.9 Å². The fourth-order valence-electron chi connectivity index (χ4n) is 3.54. The molecule has 3 aromatic heterocycles. The topological polar surface area (TPSA) is 143 Å². The zero-order valence-corrected chi connectivity index (χ0v) is 21.9. The second kappa shape index (κ2) is 10.6. The molecule has 12 nitrogen and oxygen atoms in total. The maximum Gasteiger partial charge on any atom is 0.243 e. The molecule has 2 atom stereocenters. The minimum Gasteiger partial charge on any atom is -0.494 e. The third-order valence-corrected chi connectivity index (χ3v) is 7.69. The van der Waals surface area contributed by atoms with Crippen LogP contribution < -0.4 is 14.2 Å². The number of benzene rings is 1. The van der Waals surface area contributed by atoms with Crippen molar-refractivity contribution in [3.8, 4) is 28.7 Å². The van der Waals surface area contributed by atoms with Gasteiger partial charge in [0.1, 0.15) is 34.2 Å². The van der Waals surface area contributed by atoms with E-state index in [1.165, 1.54) is 44.2 Å². The molecule has 0 saturated carbocycles. The quantitative estimate of drug-likeness (QED) is 0.324. The Morgan fingerprint density at radius 1 is 1.03 bits per heavy atom. The molecular weight excluding hydrogens is 506 g/mol. The van der Waals surface area contributed by atoms with Crippen molar-refractivity contribution in [3.05, 3.63) is 52.9 Å². The fourth-order valence-corrected chi connectivity index (χ4v) is 5.20. The van der Waals surface area contributed by atoms with Gasteiger partial charge < -0.3 is 14.2 Å². The van der Waals surface area contributed by atoms with Gasteiger partial charge in [-0.2, -0.15) is 0 Å². The molecule has 1 N–H and O–H groups in total. The van der Waals surface area contributed by atoms with Gasteiger partial charge in [-0.3, -0.25) is 9.29 Å². The number of rotatable bonds is 10. The average molecular weight is 532 g/mol. The molecule has 4 rings (SSSR count). The van der Waals surface area contributed by atoms with Gasteiger partial charge in [0, 0.05) is 24.9 Å². The molecule has 190 valence electrons. The molecule has 14 heteroatoms. The number of nitrogens with one attached hydrogen (secondary N) is 1. The Balaban J connectivity index is 1.81. The van der Waals surface area contributed by atoms with Gasteiger partial charge in [-0.05, 0) is 31.5 Å². The van der Waals surface area contributed by atoms with Gasteiger partial charge in [0.15, 0.2) is 11.6 Å². The number of methoxy groups -OCH3 is 3. The van der Waals surface area contributed by atoms with E-state index in [1.54, 1.807) is 41.5 Å². The molecule has 0 aliphatic rings. The summed E-state index contributed by atoms with van der Waals surface area (Å²) in [6.45, 7) is 3.34. The summed E-state index contributed by atoms with van der Waals surface area (Å²) < 4.78 is 47.7. The van der Waals surface area contributed by atoms with Gasteiger partial charge in [0.05, 0.1) is 19.7 Å². The van der Waals surface area contributed by atoms with E-state index in [0.29, 0.717) is 28.7 Å². The van der Waals surface area contributed by atoms with Crippen molar-refractivity contribution in [2.24, 2.45) is 0 Å². The van der Waals surface area contributed by atoms with Crippen LogP contribution in [0.3, 0.4) is 0 Å². The lowest BCUT2D eigenvalue weighted by molar-refractivity contribution is 0.0949. The summed E-state index contributed by atoms with van der Waals surface area (Å²) in [7, 11) is 0.323. The summed E-state index contributed by atoms with van der Waals surface area (Å²) in [6, 6.07) is 5.20. The molecule has 0 saturated heterocycles. The summed E-state index contributed by atoms with van der Waals surface area (Å²) in [6.07, 6.45) is 2.27. The standard InChI is InChI=1S/C22H25N7O5S2/c1-13-9-23-20(24-10-13)19(34-5)14(2)36(30,31)28-22-27-26-21(15-11-35-12-25-15)29(22)18-16(32-3)7-6-8-17(18)33-4/h6-12,14,19H,1-5H3,(H,27,28)/t14-,19-/m0/s1. The predicted octanol–water partition coefficient (Wildman–Crippen LogP) is 3.02. The van der Waals surface area contributed by atoms with Gasteiger partial charge in [-0.1, -0.05) is 6.07 Å². The highest BCUT2D eigenvalue weighted by atomic mass is 32.2. The second-order valence-electron chi connectivity index (χ2n) is 7.69. The Hall–Kier alpha value is -3.62. The molecule has 0 fully saturated rings. The SMILES string of the molecule is COc1cccc(OC)c1-n1c(NS(=O)(=O)[C@@H](C)[C@H](OC)c2ncc(C)cn2)nnc1-c1cscn1. The third-order valence-electron chi connectivity index (χ3n) is 5.41. The number of anilines is 1. The van der Waals surface area contributed by atoms with Crippen LogP contribution in [-0.4, -0.2) is 64.7 Å². The molecule has 4 aromatic rings. The van der Waals surface area contributed by atoms with Crippen LogP contribution in [0, 0.1) is 6.92 Å². The lowest BCUT2D eigenvalue weighted by Crippen LogP contribution is -2.33. The van der Waals surface area contributed by atoms with Crippen molar-refractivity contribution in [1.82, 2.24) is 29.7 Å². The highest BCUT2D eigenvalue weighted by Gasteiger charge is 2.35. The summed E-state index contributed by atoms with van der Waals surface area (Å²) in [5.74, 6) is 1.31. The van der Waals surface area contributed by atoms with Crippen molar-refractivity contribution >= 4 is 27.3 Å². The normalized spacial score (nSPS) is 13.2. The molecule has 36 heavy (non-hydrogen) atoms. The van der Waals surface area contributed by atoms with Crippen LogP contribution in [0.15, 0.2) is 41.5 Å². The van der Waals surface area contributed by atoms with Crippen LogP contribution in [-0.2, 0) is 14.8 Å². The van der Waals surface area contributed by atoms with Crippen LogP contribution in [0.2, 0.25) is 0 Å². The lowest BCUT2D eigenvalue weighted by Gasteiger charge is -2.22. The van der Waals surface area contributed by atoms with Crippen LogP contribution >= 0.6 is 11.3 Å². The number of aryl methyl sites for hydroxylation is 1. The largest absolute Gasteiger partial charge is 0.494 e. The Morgan fingerprint density at radius 2 is 1.69 bits per heavy atom. The zero-order valence-electron chi connectivity index (χ0n) is 20.2. The fraction of sp³-hybridized carbons (Fsp3) is 0.318. The van der Waals surface area contributed by atoms with Crippen molar-refractivity contribution in [2.75, 3.05) is 26.1 Å². The van der Waals surface area contributed by atoms with Crippen LogP contribution in [0.25, 0.3) is 17.2 Å². The number of hydrogen-bond donors (Lipinski definition) is 1. The Labute approximate surface area is 212 Å².